The molecule has 11 nitrogen and oxygen atoms in total. The van der Waals surface area contributed by atoms with Gasteiger partial charge in [-0.05, 0) is 18.8 Å². The first kappa shape index (κ1) is 25.3. The first-order valence-corrected chi connectivity index (χ1v) is 8.89. The van der Waals surface area contributed by atoms with Crippen molar-refractivity contribution in [1.82, 2.24) is 16.0 Å². The molecule has 28 heavy (non-hydrogen) atoms. The number of hydrogen-bond donors (Lipinski definition) is 6. The molecule has 0 saturated heterocycles. The normalized spacial score (nSPS) is 15.3. The van der Waals surface area contributed by atoms with Gasteiger partial charge < -0.3 is 31.9 Å². The number of carboxylic acids is 2. The zero-order valence-electron chi connectivity index (χ0n) is 16.7. The lowest BCUT2D eigenvalue weighted by Gasteiger charge is -2.27. The van der Waals surface area contributed by atoms with Crippen molar-refractivity contribution in [3.8, 4) is 0 Å². The van der Waals surface area contributed by atoms with E-state index in [9.17, 15) is 29.1 Å². The maximum atomic E-state index is 12.5. The van der Waals surface area contributed by atoms with Crippen LogP contribution in [-0.4, -0.2) is 64.0 Å². The van der Waals surface area contributed by atoms with Crippen molar-refractivity contribution in [2.24, 2.45) is 17.6 Å². The second-order valence-electron chi connectivity index (χ2n) is 7.25. The number of nitrogens with two attached hydrogens (primary N) is 1. The van der Waals surface area contributed by atoms with Gasteiger partial charge in [-0.25, -0.2) is 4.79 Å². The van der Waals surface area contributed by atoms with E-state index in [1.54, 1.807) is 27.7 Å². The molecule has 3 amide bonds. The van der Waals surface area contributed by atoms with Crippen molar-refractivity contribution in [3.05, 3.63) is 0 Å². The van der Waals surface area contributed by atoms with Crippen LogP contribution in [-0.2, 0) is 24.0 Å². The number of hydrogen-bond acceptors (Lipinski definition) is 6. The number of carbonyl (C=O) groups excluding carboxylic acids is 3. The van der Waals surface area contributed by atoms with E-state index in [0.717, 1.165) is 0 Å². The zero-order valence-corrected chi connectivity index (χ0v) is 16.7. The van der Waals surface area contributed by atoms with Gasteiger partial charge in [-0.2, -0.15) is 0 Å². The summed E-state index contributed by atoms with van der Waals surface area (Å²) >= 11 is 0. The summed E-state index contributed by atoms with van der Waals surface area (Å²) in [6.07, 6.45) is -0.708. The lowest BCUT2D eigenvalue weighted by molar-refractivity contribution is -0.144. The topological polar surface area (TPSA) is 188 Å². The summed E-state index contributed by atoms with van der Waals surface area (Å²) in [6, 6.07) is -4.68. The second kappa shape index (κ2) is 11.2. The van der Waals surface area contributed by atoms with Crippen LogP contribution in [0.2, 0.25) is 0 Å². The minimum Gasteiger partial charge on any atom is -0.481 e. The first-order valence-electron chi connectivity index (χ1n) is 8.89. The van der Waals surface area contributed by atoms with Crippen molar-refractivity contribution >= 4 is 29.7 Å². The summed E-state index contributed by atoms with van der Waals surface area (Å²) in [7, 11) is 0. The Hall–Kier alpha value is -2.69. The van der Waals surface area contributed by atoms with E-state index < -0.39 is 72.1 Å². The summed E-state index contributed by atoms with van der Waals surface area (Å²) < 4.78 is 0. The van der Waals surface area contributed by atoms with E-state index in [1.807, 2.05) is 0 Å². The fourth-order valence-corrected chi connectivity index (χ4v) is 2.23. The van der Waals surface area contributed by atoms with Crippen LogP contribution in [0.4, 0.5) is 0 Å². The molecule has 0 aliphatic carbocycles. The largest absolute Gasteiger partial charge is 0.481 e. The van der Waals surface area contributed by atoms with E-state index in [4.69, 9.17) is 10.8 Å². The molecule has 0 aliphatic heterocycles. The van der Waals surface area contributed by atoms with Crippen molar-refractivity contribution in [2.75, 3.05) is 0 Å². The highest BCUT2D eigenvalue weighted by atomic mass is 16.4. The van der Waals surface area contributed by atoms with Crippen molar-refractivity contribution in [1.29, 1.82) is 0 Å². The van der Waals surface area contributed by atoms with E-state index in [-0.39, 0.29) is 0 Å². The molecule has 11 heteroatoms. The van der Waals surface area contributed by atoms with E-state index >= 15 is 0 Å². The van der Waals surface area contributed by atoms with Gasteiger partial charge in [0, 0.05) is 0 Å². The highest BCUT2D eigenvalue weighted by Crippen LogP contribution is 2.07. The molecule has 0 heterocycles. The minimum absolute atomic E-state index is 0.393. The molecule has 0 fully saturated rings. The van der Waals surface area contributed by atoms with Crippen LogP contribution in [0.1, 0.15) is 41.0 Å². The molecular formula is C17H30N4O7. The molecular weight excluding hydrogens is 372 g/mol. The third-order valence-corrected chi connectivity index (χ3v) is 3.90. The monoisotopic (exact) mass is 402 g/mol. The first-order chi connectivity index (χ1) is 12.8. The third-order valence-electron chi connectivity index (χ3n) is 3.90. The number of aliphatic carboxylic acids is 2. The molecule has 0 bridgehead atoms. The van der Waals surface area contributed by atoms with Crippen molar-refractivity contribution in [2.45, 2.75) is 65.2 Å². The van der Waals surface area contributed by atoms with E-state index in [1.165, 1.54) is 6.92 Å². The number of rotatable bonds is 11. The van der Waals surface area contributed by atoms with Gasteiger partial charge in [0.2, 0.25) is 17.7 Å². The molecule has 0 aliphatic rings. The van der Waals surface area contributed by atoms with Gasteiger partial charge in [0.15, 0.2) is 0 Å². The standard InChI is InChI=1S/C17H30N4O7/c1-7(2)12(16(26)21-13(8(3)4)17(27)28)20-15(25)10(6-11(22)23)19-14(24)9(5)18/h7-10,12-13H,6,18H2,1-5H3,(H,19,24)(H,20,25)(H,21,26)(H,22,23)(H,27,28). The Morgan fingerprint density at radius 3 is 1.57 bits per heavy atom. The van der Waals surface area contributed by atoms with Gasteiger partial charge in [0.05, 0.1) is 12.5 Å². The summed E-state index contributed by atoms with van der Waals surface area (Å²) in [6.45, 7) is 7.86. The van der Waals surface area contributed by atoms with Crippen LogP contribution in [0.25, 0.3) is 0 Å². The summed E-state index contributed by atoms with van der Waals surface area (Å²) in [4.78, 5) is 59.0. The van der Waals surface area contributed by atoms with E-state index in [2.05, 4.69) is 16.0 Å². The summed E-state index contributed by atoms with van der Waals surface area (Å²) in [5.41, 5.74) is 5.41. The molecule has 0 spiro atoms. The molecule has 0 aromatic heterocycles. The Morgan fingerprint density at radius 1 is 0.750 bits per heavy atom. The number of carbonyl (C=O) groups is 5. The highest BCUT2D eigenvalue weighted by molar-refractivity contribution is 5.95. The van der Waals surface area contributed by atoms with Gasteiger partial charge in [-0.1, -0.05) is 27.7 Å². The van der Waals surface area contributed by atoms with Gasteiger partial charge >= 0.3 is 11.9 Å². The second-order valence-corrected chi connectivity index (χ2v) is 7.25. The molecule has 0 aromatic carbocycles. The van der Waals surface area contributed by atoms with Crippen LogP contribution in [0.15, 0.2) is 0 Å². The number of nitrogens with one attached hydrogen (secondary N) is 3. The molecule has 7 N–H and O–H groups in total. The smallest absolute Gasteiger partial charge is 0.326 e. The van der Waals surface area contributed by atoms with E-state index in [0.29, 0.717) is 0 Å². The number of carboxylic acid groups (broad SMARTS) is 2. The van der Waals surface area contributed by atoms with Crippen LogP contribution < -0.4 is 21.7 Å². The SMILES string of the molecule is CC(N)C(=O)NC(CC(=O)O)C(=O)NC(C(=O)NC(C(=O)O)C(C)C)C(C)C. The van der Waals surface area contributed by atoms with Crippen LogP contribution in [0.3, 0.4) is 0 Å². The van der Waals surface area contributed by atoms with Gasteiger partial charge in [-0.15, -0.1) is 0 Å². The molecule has 160 valence electrons. The van der Waals surface area contributed by atoms with Crippen LogP contribution >= 0.6 is 0 Å². The molecule has 0 rings (SSSR count). The van der Waals surface area contributed by atoms with Crippen molar-refractivity contribution < 1.29 is 34.2 Å². The highest BCUT2D eigenvalue weighted by Gasteiger charge is 2.33. The Bertz CT molecular complexity index is 604. The summed E-state index contributed by atoms with van der Waals surface area (Å²) in [5, 5.41) is 25.2. The van der Waals surface area contributed by atoms with Gasteiger partial charge in [0.1, 0.15) is 18.1 Å². The Morgan fingerprint density at radius 2 is 1.21 bits per heavy atom. The molecule has 0 aromatic rings. The summed E-state index contributed by atoms with van der Waals surface area (Å²) in [5.74, 6) is -5.71. The Balaban J connectivity index is 5.37. The number of amides is 3. The average Bonchev–Trinajstić information content (AvgIpc) is 2.54. The third kappa shape index (κ3) is 8.33. The quantitative estimate of drug-likeness (QED) is 0.245. The lowest BCUT2D eigenvalue weighted by atomic mass is 9.99. The Labute approximate surface area is 163 Å². The Kier molecular flexibility index (Phi) is 10.1. The molecule has 4 unspecified atom stereocenters. The minimum atomic E-state index is -1.44. The fraction of sp³-hybridized carbons (Fsp3) is 0.706. The fourth-order valence-electron chi connectivity index (χ4n) is 2.23. The van der Waals surface area contributed by atoms with Gasteiger partial charge in [0.25, 0.3) is 0 Å². The van der Waals surface area contributed by atoms with Crippen molar-refractivity contribution in [3.63, 3.8) is 0 Å². The zero-order chi connectivity index (χ0) is 22.2. The maximum Gasteiger partial charge on any atom is 0.326 e. The molecule has 0 saturated carbocycles. The van der Waals surface area contributed by atoms with Crippen LogP contribution in [0, 0.1) is 11.8 Å². The predicted molar refractivity (Wildman–Crippen MR) is 99.0 cm³/mol. The average molecular weight is 402 g/mol. The molecule has 0 radical (unpaired) electrons. The van der Waals surface area contributed by atoms with Crippen LogP contribution in [0.5, 0.6) is 0 Å². The maximum absolute atomic E-state index is 12.5. The lowest BCUT2D eigenvalue weighted by Crippen LogP contribution is -2.59. The predicted octanol–water partition coefficient (Wildman–Crippen LogP) is -1.34. The molecule has 4 atom stereocenters. The van der Waals surface area contributed by atoms with Gasteiger partial charge in [-0.3, -0.25) is 19.2 Å².